The first-order chi connectivity index (χ1) is 6.83. The van der Waals surface area contributed by atoms with E-state index in [4.69, 9.17) is 0 Å². The standard InChI is InChI=1S/C12H13N2/c1-3-11-8-9-13-14(11)12-7-5-4-6-10(12)2/h4-9H,2-3H2,1H3. The maximum absolute atomic E-state index is 4.29. The first-order valence-electron chi connectivity index (χ1n) is 4.77. The summed E-state index contributed by atoms with van der Waals surface area (Å²) in [4.78, 5) is 0. The smallest absolute Gasteiger partial charge is 0.0680 e. The van der Waals surface area contributed by atoms with Gasteiger partial charge in [-0.05, 0) is 31.0 Å². The largest absolute Gasteiger partial charge is 0.238 e. The highest BCUT2D eigenvalue weighted by Crippen LogP contribution is 2.14. The van der Waals surface area contributed by atoms with Crippen molar-refractivity contribution in [2.24, 2.45) is 0 Å². The van der Waals surface area contributed by atoms with Crippen LogP contribution >= 0.6 is 0 Å². The van der Waals surface area contributed by atoms with Crippen LogP contribution in [0.4, 0.5) is 0 Å². The van der Waals surface area contributed by atoms with E-state index in [-0.39, 0.29) is 0 Å². The van der Waals surface area contributed by atoms with Gasteiger partial charge in [-0.3, -0.25) is 0 Å². The van der Waals surface area contributed by atoms with Gasteiger partial charge >= 0.3 is 0 Å². The zero-order chi connectivity index (χ0) is 9.97. The zero-order valence-corrected chi connectivity index (χ0v) is 8.27. The Balaban J connectivity index is 2.54. The predicted molar refractivity (Wildman–Crippen MR) is 57.4 cm³/mol. The van der Waals surface area contributed by atoms with Crippen LogP contribution in [0.2, 0.25) is 0 Å². The van der Waals surface area contributed by atoms with Gasteiger partial charge in [0.25, 0.3) is 0 Å². The minimum atomic E-state index is 0.980. The fraction of sp³-hybridized carbons (Fsp3) is 0.167. The molecule has 14 heavy (non-hydrogen) atoms. The Morgan fingerprint density at radius 2 is 2.07 bits per heavy atom. The van der Waals surface area contributed by atoms with Crippen LogP contribution in [-0.4, -0.2) is 9.78 Å². The number of rotatable bonds is 2. The average molecular weight is 185 g/mol. The van der Waals surface area contributed by atoms with Crippen LogP contribution in [0.5, 0.6) is 0 Å². The van der Waals surface area contributed by atoms with Gasteiger partial charge in [-0.2, -0.15) is 5.10 Å². The number of hydrogen-bond acceptors (Lipinski definition) is 1. The molecule has 1 aromatic heterocycles. The Hall–Kier alpha value is -1.57. The Labute approximate surface area is 84.2 Å². The van der Waals surface area contributed by atoms with Crippen LogP contribution in [0.1, 0.15) is 18.2 Å². The van der Waals surface area contributed by atoms with Crippen LogP contribution in [0.15, 0.2) is 36.5 Å². The van der Waals surface area contributed by atoms with E-state index in [1.807, 2.05) is 41.2 Å². The van der Waals surface area contributed by atoms with Crippen molar-refractivity contribution in [3.8, 4) is 5.69 Å². The Morgan fingerprint density at radius 1 is 1.29 bits per heavy atom. The van der Waals surface area contributed by atoms with Crippen LogP contribution < -0.4 is 0 Å². The Morgan fingerprint density at radius 3 is 2.79 bits per heavy atom. The first kappa shape index (κ1) is 9.00. The third-order valence-corrected chi connectivity index (χ3v) is 2.30. The minimum Gasteiger partial charge on any atom is -0.238 e. The number of para-hydroxylation sites is 1. The summed E-state index contributed by atoms with van der Waals surface area (Å²) in [6.07, 6.45) is 2.81. The molecule has 0 aliphatic heterocycles. The lowest BCUT2D eigenvalue weighted by molar-refractivity contribution is 0.811. The van der Waals surface area contributed by atoms with E-state index in [2.05, 4.69) is 18.9 Å². The van der Waals surface area contributed by atoms with Gasteiger partial charge in [0.1, 0.15) is 0 Å². The Bertz CT molecular complexity index is 429. The normalized spacial score (nSPS) is 10.4. The number of hydrogen-bond donors (Lipinski definition) is 0. The van der Waals surface area contributed by atoms with Gasteiger partial charge in [-0.1, -0.05) is 25.1 Å². The SMILES string of the molecule is [CH2]c1ccccc1-n1nccc1CC. The fourth-order valence-corrected chi connectivity index (χ4v) is 1.53. The van der Waals surface area contributed by atoms with Crippen molar-refractivity contribution in [1.29, 1.82) is 0 Å². The summed E-state index contributed by atoms with van der Waals surface area (Å²) >= 11 is 0. The molecule has 1 heterocycles. The lowest BCUT2D eigenvalue weighted by Gasteiger charge is -2.08. The highest BCUT2D eigenvalue weighted by molar-refractivity contribution is 5.43. The molecular weight excluding hydrogens is 172 g/mol. The Kier molecular flexibility index (Phi) is 2.35. The fourth-order valence-electron chi connectivity index (χ4n) is 1.53. The summed E-state index contributed by atoms with van der Waals surface area (Å²) in [6.45, 7) is 6.12. The van der Waals surface area contributed by atoms with Gasteiger partial charge < -0.3 is 0 Å². The molecule has 1 radical (unpaired) electrons. The van der Waals surface area contributed by atoms with Crippen molar-refractivity contribution in [3.63, 3.8) is 0 Å². The number of benzene rings is 1. The van der Waals surface area contributed by atoms with E-state index >= 15 is 0 Å². The molecule has 0 saturated heterocycles. The van der Waals surface area contributed by atoms with Crippen molar-refractivity contribution >= 4 is 0 Å². The molecule has 2 heteroatoms. The van der Waals surface area contributed by atoms with Crippen LogP contribution in [0.25, 0.3) is 5.69 Å². The van der Waals surface area contributed by atoms with Gasteiger partial charge in [0.05, 0.1) is 5.69 Å². The monoisotopic (exact) mass is 185 g/mol. The number of aromatic nitrogens is 2. The molecule has 2 nitrogen and oxygen atoms in total. The van der Waals surface area contributed by atoms with Crippen molar-refractivity contribution in [1.82, 2.24) is 9.78 Å². The topological polar surface area (TPSA) is 17.8 Å². The van der Waals surface area contributed by atoms with E-state index in [0.29, 0.717) is 0 Å². The molecule has 2 aromatic rings. The molecule has 71 valence electrons. The van der Waals surface area contributed by atoms with Crippen molar-refractivity contribution in [2.45, 2.75) is 13.3 Å². The van der Waals surface area contributed by atoms with E-state index < -0.39 is 0 Å². The average Bonchev–Trinajstić information content (AvgIpc) is 2.66. The summed E-state index contributed by atoms with van der Waals surface area (Å²) in [5.41, 5.74) is 3.28. The second-order valence-corrected chi connectivity index (χ2v) is 3.22. The molecular formula is C12H13N2. The maximum Gasteiger partial charge on any atom is 0.0680 e. The summed E-state index contributed by atoms with van der Waals surface area (Å²) in [5.74, 6) is 0. The second-order valence-electron chi connectivity index (χ2n) is 3.22. The molecule has 0 saturated carbocycles. The van der Waals surface area contributed by atoms with Gasteiger partial charge in [-0.15, -0.1) is 0 Å². The van der Waals surface area contributed by atoms with Crippen LogP contribution in [0.3, 0.4) is 0 Å². The summed E-state index contributed by atoms with van der Waals surface area (Å²) in [6, 6.07) is 10.1. The number of nitrogens with zero attached hydrogens (tertiary/aromatic N) is 2. The molecule has 0 fully saturated rings. The summed E-state index contributed by atoms with van der Waals surface area (Å²) < 4.78 is 1.95. The lowest BCUT2D eigenvalue weighted by Crippen LogP contribution is -2.02. The summed E-state index contributed by atoms with van der Waals surface area (Å²) in [5, 5.41) is 4.29. The molecule has 0 aliphatic rings. The van der Waals surface area contributed by atoms with E-state index in [1.165, 1.54) is 5.69 Å². The van der Waals surface area contributed by atoms with Crippen molar-refractivity contribution in [2.75, 3.05) is 0 Å². The molecule has 0 amide bonds. The molecule has 0 bridgehead atoms. The van der Waals surface area contributed by atoms with E-state index in [0.717, 1.165) is 17.7 Å². The first-order valence-corrected chi connectivity index (χ1v) is 4.77. The van der Waals surface area contributed by atoms with Crippen molar-refractivity contribution < 1.29 is 0 Å². The van der Waals surface area contributed by atoms with E-state index in [9.17, 15) is 0 Å². The highest BCUT2D eigenvalue weighted by atomic mass is 15.3. The van der Waals surface area contributed by atoms with Gasteiger partial charge in [0.15, 0.2) is 0 Å². The van der Waals surface area contributed by atoms with Gasteiger partial charge in [-0.25, -0.2) is 4.68 Å². The minimum absolute atomic E-state index is 0.980. The van der Waals surface area contributed by atoms with Crippen LogP contribution in [-0.2, 0) is 6.42 Å². The van der Waals surface area contributed by atoms with Crippen molar-refractivity contribution in [3.05, 3.63) is 54.7 Å². The molecule has 0 atom stereocenters. The molecule has 0 aliphatic carbocycles. The third-order valence-electron chi connectivity index (χ3n) is 2.30. The van der Waals surface area contributed by atoms with Gasteiger partial charge in [0.2, 0.25) is 0 Å². The predicted octanol–water partition coefficient (Wildman–Crippen LogP) is 2.62. The zero-order valence-electron chi connectivity index (χ0n) is 8.27. The maximum atomic E-state index is 4.29. The molecule has 0 unspecified atom stereocenters. The molecule has 1 aromatic carbocycles. The van der Waals surface area contributed by atoms with Crippen LogP contribution in [0, 0.1) is 6.92 Å². The third kappa shape index (κ3) is 1.43. The quantitative estimate of drug-likeness (QED) is 0.703. The molecule has 0 spiro atoms. The number of aryl methyl sites for hydroxylation is 1. The molecule has 2 rings (SSSR count). The van der Waals surface area contributed by atoms with E-state index in [1.54, 1.807) is 0 Å². The summed E-state index contributed by atoms with van der Waals surface area (Å²) in [7, 11) is 0. The second kappa shape index (κ2) is 3.66. The highest BCUT2D eigenvalue weighted by Gasteiger charge is 2.04. The lowest BCUT2D eigenvalue weighted by atomic mass is 10.2. The van der Waals surface area contributed by atoms with Gasteiger partial charge in [0, 0.05) is 11.9 Å². The molecule has 0 N–H and O–H groups in total.